The first-order valence-corrected chi connectivity index (χ1v) is 4.16. The number of nitrogens with zero attached hydrogens (tertiary/aromatic N) is 2. The van der Waals surface area contributed by atoms with Gasteiger partial charge in [0.1, 0.15) is 0 Å². The van der Waals surface area contributed by atoms with Crippen LogP contribution in [0.2, 0.25) is 0 Å². The quantitative estimate of drug-likeness (QED) is 0.685. The van der Waals surface area contributed by atoms with Crippen molar-refractivity contribution >= 4 is 0 Å². The number of aromatic nitrogens is 2. The lowest BCUT2D eigenvalue weighted by Gasteiger charge is -1.98. The molecule has 0 N–H and O–H groups in total. The Bertz CT molecular complexity index is 319. The first-order valence-electron chi connectivity index (χ1n) is 4.16. The summed E-state index contributed by atoms with van der Waals surface area (Å²) >= 11 is 0. The SMILES string of the molecule is [c]1ncc(Cc2ccccc2)cn1. The number of hydrogen-bond donors (Lipinski definition) is 0. The largest absolute Gasteiger partial charge is 0.233 e. The summed E-state index contributed by atoms with van der Waals surface area (Å²) in [5.74, 6) is 0. The van der Waals surface area contributed by atoms with Crippen molar-refractivity contribution in [1.82, 2.24) is 9.97 Å². The van der Waals surface area contributed by atoms with Gasteiger partial charge in [-0.2, -0.15) is 0 Å². The van der Waals surface area contributed by atoms with E-state index < -0.39 is 0 Å². The zero-order valence-corrected chi connectivity index (χ0v) is 7.14. The molecule has 63 valence electrons. The van der Waals surface area contributed by atoms with E-state index in [-0.39, 0.29) is 0 Å². The van der Waals surface area contributed by atoms with E-state index >= 15 is 0 Å². The molecule has 0 saturated heterocycles. The van der Waals surface area contributed by atoms with Crippen LogP contribution in [0.5, 0.6) is 0 Å². The van der Waals surface area contributed by atoms with Gasteiger partial charge in [0.2, 0.25) is 0 Å². The second-order valence-electron chi connectivity index (χ2n) is 2.85. The summed E-state index contributed by atoms with van der Waals surface area (Å²) in [5, 5.41) is 0. The third kappa shape index (κ3) is 2.12. The Kier molecular flexibility index (Phi) is 2.32. The van der Waals surface area contributed by atoms with Gasteiger partial charge in [-0.3, -0.25) is 0 Å². The van der Waals surface area contributed by atoms with Crippen LogP contribution in [0.25, 0.3) is 0 Å². The van der Waals surface area contributed by atoms with Crippen molar-refractivity contribution in [3.63, 3.8) is 0 Å². The topological polar surface area (TPSA) is 25.8 Å². The fourth-order valence-corrected chi connectivity index (χ4v) is 1.21. The first kappa shape index (κ1) is 7.92. The van der Waals surface area contributed by atoms with Gasteiger partial charge in [0.15, 0.2) is 6.33 Å². The number of rotatable bonds is 2. The van der Waals surface area contributed by atoms with Gasteiger partial charge in [-0.1, -0.05) is 30.3 Å². The molecule has 1 heterocycles. The van der Waals surface area contributed by atoms with Crippen LogP contribution in [0.4, 0.5) is 0 Å². The molecule has 0 aliphatic carbocycles. The Balaban J connectivity index is 2.16. The Morgan fingerprint density at radius 2 is 1.62 bits per heavy atom. The van der Waals surface area contributed by atoms with E-state index in [1.807, 2.05) is 18.2 Å². The third-order valence-corrected chi connectivity index (χ3v) is 1.83. The van der Waals surface area contributed by atoms with Crippen LogP contribution in [0.15, 0.2) is 42.7 Å². The summed E-state index contributed by atoms with van der Waals surface area (Å²) in [6.07, 6.45) is 6.99. The highest BCUT2D eigenvalue weighted by Gasteiger charge is 1.94. The molecule has 2 rings (SSSR count). The minimum Gasteiger partial charge on any atom is -0.233 e. The number of benzene rings is 1. The van der Waals surface area contributed by atoms with Gasteiger partial charge in [-0.05, 0) is 11.1 Å². The highest BCUT2D eigenvalue weighted by Crippen LogP contribution is 2.05. The fraction of sp³-hybridized carbons (Fsp3) is 0.0909. The Hall–Kier alpha value is -1.70. The van der Waals surface area contributed by atoms with Crippen molar-refractivity contribution in [3.05, 3.63) is 60.2 Å². The van der Waals surface area contributed by atoms with Crippen molar-refractivity contribution in [3.8, 4) is 0 Å². The maximum Gasteiger partial charge on any atom is 0.197 e. The molecule has 0 atom stereocenters. The average Bonchev–Trinajstić information content (AvgIpc) is 2.21. The lowest BCUT2D eigenvalue weighted by Crippen LogP contribution is -1.89. The van der Waals surface area contributed by atoms with Gasteiger partial charge in [-0.15, -0.1) is 0 Å². The maximum absolute atomic E-state index is 3.84. The molecule has 0 bridgehead atoms. The van der Waals surface area contributed by atoms with E-state index in [4.69, 9.17) is 0 Å². The number of hydrogen-bond acceptors (Lipinski definition) is 2. The summed E-state index contributed by atoms with van der Waals surface area (Å²) in [6.45, 7) is 0. The van der Waals surface area contributed by atoms with E-state index in [9.17, 15) is 0 Å². The van der Waals surface area contributed by atoms with E-state index in [0.717, 1.165) is 12.0 Å². The summed E-state index contributed by atoms with van der Waals surface area (Å²) in [6, 6.07) is 10.3. The van der Waals surface area contributed by atoms with Gasteiger partial charge < -0.3 is 0 Å². The standard InChI is InChI=1S/C11H9N2/c1-2-4-10(5-3-1)6-11-7-12-9-13-8-11/h1-5,7-8H,6H2. The van der Waals surface area contributed by atoms with Gasteiger partial charge in [-0.25, -0.2) is 9.97 Å². The summed E-state index contributed by atoms with van der Waals surface area (Å²) in [4.78, 5) is 7.69. The summed E-state index contributed by atoms with van der Waals surface area (Å²) < 4.78 is 0. The smallest absolute Gasteiger partial charge is 0.197 e. The van der Waals surface area contributed by atoms with E-state index in [0.29, 0.717) is 0 Å². The van der Waals surface area contributed by atoms with E-state index in [2.05, 4.69) is 28.4 Å². The maximum atomic E-state index is 3.84. The van der Waals surface area contributed by atoms with Gasteiger partial charge in [0.25, 0.3) is 0 Å². The van der Waals surface area contributed by atoms with Crippen LogP contribution in [0, 0.1) is 6.33 Å². The molecule has 0 fully saturated rings. The van der Waals surface area contributed by atoms with Crippen LogP contribution in [0.3, 0.4) is 0 Å². The fourth-order valence-electron chi connectivity index (χ4n) is 1.21. The predicted molar refractivity (Wildman–Crippen MR) is 50.1 cm³/mol. The molecule has 0 amide bonds. The van der Waals surface area contributed by atoms with Crippen LogP contribution in [-0.2, 0) is 6.42 Å². The molecule has 2 aromatic rings. The Morgan fingerprint density at radius 3 is 2.31 bits per heavy atom. The highest BCUT2D eigenvalue weighted by molar-refractivity contribution is 5.21. The molecule has 1 radical (unpaired) electrons. The molecule has 1 aromatic carbocycles. The van der Waals surface area contributed by atoms with Crippen molar-refractivity contribution in [2.75, 3.05) is 0 Å². The molecular weight excluding hydrogens is 160 g/mol. The normalized spacial score (nSPS) is 9.85. The van der Waals surface area contributed by atoms with Crippen molar-refractivity contribution < 1.29 is 0 Å². The van der Waals surface area contributed by atoms with Crippen molar-refractivity contribution in [2.24, 2.45) is 0 Å². The lowest BCUT2D eigenvalue weighted by atomic mass is 10.1. The highest BCUT2D eigenvalue weighted by atomic mass is 14.8. The van der Waals surface area contributed by atoms with Crippen molar-refractivity contribution in [1.29, 1.82) is 0 Å². The first-order chi connectivity index (χ1) is 6.45. The molecular formula is C11H9N2. The summed E-state index contributed by atoms with van der Waals surface area (Å²) in [5.41, 5.74) is 2.39. The molecule has 2 nitrogen and oxygen atoms in total. The van der Waals surface area contributed by atoms with Gasteiger partial charge in [0.05, 0.1) is 0 Å². The zero-order valence-electron chi connectivity index (χ0n) is 7.14. The predicted octanol–water partition coefficient (Wildman–Crippen LogP) is 1.87. The molecule has 0 saturated carbocycles. The van der Waals surface area contributed by atoms with Gasteiger partial charge in [0, 0.05) is 18.8 Å². The monoisotopic (exact) mass is 169 g/mol. The lowest BCUT2D eigenvalue weighted by molar-refractivity contribution is 1.06. The summed E-state index contributed by atoms with van der Waals surface area (Å²) in [7, 11) is 0. The molecule has 0 aliphatic heterocycles. The minimum atomic E-state index is 0.884. The average molecular weight is 169 g/mol. The molecule has 13 heavy (non-hydrogen) atoms. The molecule has 0 aliphatic rings. The van der Waals surface area contributed by atoms with Crippen molar-refractivity contribution in [2.45, 2.75) is 6.42 Å². The van der Waals surface area contributed by atoms with Gasteiger partial charge >= 0.3 is 0 Å². The Morgan fingerprint density at radius 1 is 0.923 bits per heavy atom. The van der Waals surface area contributed by atoms with Crippen LogP contribution in [-0.4, -0.2) is 9.97 Å². The minimum absolute atomic E-state index is 0.884. The second-order valence-corrected chi connectivity index (χ2v) is 2.85. The Labute approximate surface area is 77.3 Å². The van der Waals surface area contributed by atoms with Crippen LogP contribution in [0.1, 0.15) is 11.1 Å². The molecule has 2 heteroatoms. The second kappa shape index (κ2) is 3.81. The zero-order chi connectivity index (χ0) is 8.93. The van der Waals surface area contributed by atoms with Crippen LogP contribution < -0.4 is 0 Å². The van der Waals surface area contributed by atoms with E-state index in [1.165, 1.54) is 5.56 Å². The third-order valence-electron chi connectivity index (χ3n) is 1.83. The molecule has 0 unspecified atom stereocenters. The van der Waals surface area contributed by atoms with Crippen LogP contribution >= 0.6 is 0 Å². The van der Waals surface area contributed by atoms with E-state index in [1.54, 1.807) is 12.4 Å². The molecule has 0 spiro atoms. The molecule has 1 aromatic heterocycles.